The van der Waals surface area contributed by atoms with E-state index in [1.54, 1.807) is 0 Å². The molecule has 0 bridgehead atoms. The zero-order valence-electron chi connectivity index (χ0n) is 9.27. The molecule has 0 N–H and O–H groups in total. The Morgan fingerprint density at radius 1 is 1.53 bits per heavy atom. The fourth-order valence-corrected chi connectivity index (χ4v) is 2.24. The minimum Gasteiger partial charge on any atom is -0.367 e. The van der Waals surface area contributed by atoms with Gasteiger partial charge in [0, 0.05) is 18.3 Å². The summed E-state index contributed by atoms with van der Waals surface area (Å²) in [7, 11) is 0. The Labute approximate surface area is 91.1 Å². The van der Waals surface area contributed by atoms with Gasteiger partial charge >= 0.3 is 0 Å². The lowest BCUT2D eigenvalue weighted by Crippen LogP contribution is -2.33. The van der Waals surface area contributed by atoms with E-state index in [0.717, 1.165) is 13.0 Å². The monoisotopic (exact) mass is 200 g/mol. The van der Waals surface area contributed by atoms with Crippen LogP contribution in [0.4, 0.5) is 5.69 Å². The van der Waals surface area contributed by atoms with Crippen molar-refractivity contribution < 1.29 is 0 Å². The van der Waals surface area contributed by atoms with Gasteiger partial charge in [0.2, 0.25) is 0 Å². The van der Waals surface area contributed by atoms with E-state index in [1.807, 2.05) is 6.92 Å². The van der Waals surface area contributed by atoms with Gasteiger partial charge in [0.05, 0.1) is 12.0 Å². The number of nitriles is 1. The molecule has 0 amide bonds. The number of hydrogen-bond donors (Lipinski definition) is 0. The lowest BCUT2D eigenvalue weighted by atomic mass is 10.1. The van der Waals surface area contributed by atoms with Crippen LogP contribution in [0.3, 0.4) is 0 Å². The molecule has 0 saturated heterocycles. The maximum absolute atomic E-state index is 8.85. The second-order valence-corrected chi connectivity index (χ2v) is 4.36. The van der Waals surface area contributed by atoms with E-state index in [0.29, 0.717) is 6.04 Å². The fourth-order valence-electron chi connectivity index (χ4n) is 2.24. The predicted molar refractivity (Wildman–Crippen MR) is 61.7 cm³/mol. The zero-order chi connectivity index (χ0) is 10.8. The summed E-state index contributed by atoms with van der Waals surface area (Å²) in [6.45, 7) is 5.05. The van der Waals surface area contributed by atoms with Crippen molar-refractivity contribution in [2.75, 3.05) is 11.4 Å². The van der Waals surface area contributed by atoms with Crippen LogP contribution in [0.25, 0.3) is 0 Å². The SMILES string of the molecule is CC(C#N)CN1c2ccccc2CC1C. The molecule has 78 valence electrons. The molecular weight excluding hydrogens is 184 g/mol. The van der Waals surface area contributed by atoms with Gasteiger partial charge in [-0.2, -0.15) is 5.26 Å². The van der Waals surface area contributed by atoms with Gasteiger partial charge in [0.15, 0.2) is 0 Å². The normalized spacial score (nSPS) is 20.9. The molecule has 2 heteroatoms. The minimum absolute atomic E-state index is 0.0959. The predicted octanol–water partition coefficient (Wildman–Crippen LogP) is 2.60. The number of fused-ring (bicyclic) bond motifs is 1. The van der Waals surface area contributed by atoms with E-state index in [1.165, 1.54) is 11.3 Å². The molecule has 2 atom stereocenters. The van der Waals surface area contributed by atoms with Crippen LogP contribution in [0.1, 0.15) is 19.4 Å². The number of anilines is 1. The van der Waals surface area contributed by atoms with E-state index in [-0.39, 0.29) is 5.92 Å². The molecule has 1 aromatic rings. The van der Waals surface area contributed by atoms with Gasteiger partial charge in [0.25, 0.3) is 0 Å². The van der Waals surface area contributed by atoms with Crippen molar-refractivity contribution in [1.82, 2.24) is 0 Å². The van der Waals surface area contributed by atoms with E-state index >= 15 is 0 Å². The molecule has 2 nitrogen and oxygen atoms in total. The van der Waals surface area contributed by atoms with Gasteiger partial charge in [0.1, 0.15) is 0 Å². The summed E-state index contributed by atoms with van der Waals surface area (Å²) in [5, 5.41) is 8.85. The highest BCUT2D eigenvalue weighted by molar-refractivity contribution is 5.59. The van der Waals surface area contributed by atoms with Crippen molar-refractivity contribution in [1.29, 1.82) is 5.26 Å². The number of hydrogen-bond acceptors (Lipinski definition) is 2. The molecule has 1 heterocycles. The molecule has 1 aliphatic rings. The Balaban J connectivity index is 2.23. The van der Waals surface area contributed by atoms with Crippen molar-refractivity contribution in [3.8, 4) is 6.07 Å². The Hall–Kier alpha value is -1.49. The quantitative estimate of drug-likeness (QED) is 0.733. The van der Waals surface area contributed by atoms with Gasteiger partial charge in [-0.1, -0.05) is 18.2 Å². The summed E-state index contributed by atoms with van der Waals surface area (Å²) in [5.74, 6) is 0.0959. The standard InChI is InChI=1S/C13H16N2/c1-10(8-14)9-15-11(2)7-12-5-3-4-6-13(12)15/h3-6,10-11H,7,9H2,1-2H3. The van der Waals surface area contributed by atoms with Crippen molar-refractivity contribution in [3.63, 3.8) is 0 Å². The average Bonchev–Trinajstić information content (AvgIpc) is 2.55. The van der Waals surface area contributed by atoms with Crippen LogP contribution in [0.2, 0.25) is 0 Å². The van der Waals surface area contributed by atoms with E-state index < -0.39 is 0 Å². The molecule has 0 fully saturated rings. The number of benzene rings is 1. The third-order valence-corrected chi connectivity index (χ3v) is 3.04. The molecule has 0 aliphatic carbocycles. The second kappa shape index (κ2) is 3.94. The molecule has 0 radical (unpaired) electrons. The third-order valence-electron chi connectivity index (χ3n) is 3.04. The summed E-state index contributed by atoms with van der Waals surface area (Å²) in [5.41, 5.74) is 2.72. The molecule has 1 aromatic carbocycles. The zero-order valence-corrected chi connectivity index (χ0v) is 9.27. The topological polar surface area (TPSA) is 27.0 Å². The van der Waals surface area contributed by atoms with Crippen molar-refractivity contribution in [2.45, 2.75) is 26.3 Å². The number of nitrogens with zero attached hydrogens (tertiary/aromatic N) is 2. The first-order chi connectivity index (χ1) is 7.22. The van der Waals surface area contributed by atoms with Crippen LogP contribution in [0.15, 0.2) is 24.3 Å². The van der Waals surface area contributed by atoms with Crippen LogP contribution >= 0.6 is 0 Å². The van der Waals surface area contributed by atoms with Gasteiger partial charge < -0.3 is 4.90 Å². The summed E-state index contributed by atoms with van der Waals surface area (Å²) >= 11 is 0. The molecule has 0 saturated carbocycles. The van der Waals surface area contributed by atoms with Crippen molar-refractivity contribution >= 4 is 5.69 Å². The molecule has 0 spiro atoms. The molecule has 15 heavy (non-hydrogen) atoms. The first-order valence-electron chi connectivity index (χ1n) is 5.46. The van der Waals surface area contributed by atoms with Gasteiger partial charge in [-0.25, -0.2) is 0 Å². The summed E-state index contributed by atoms with van der Waals surface area (Å²) in [4.78, 5) is 2.35. The van der Waals surface area contributed by atoms with E-state index in [9.17, 15) is 0 Å². The van der Waals surface area contributed by atoms with Crippen LogP contribution in [-0.4, -0.2) is 12.6 Å². The Bertz CT molecular complexity index is 392. The molecule has 0 aromatic heterocycles. The van der Waals surface area contributed by atoms with Crippen LogP contribution < -0.4 is 4.90 Å². The lowest BCUT2D eigenvalue weighted by molar-refractivity contribution is 0.612. The number of rotatable bonds is 2. The Morgan fingerprint density at radius 2 is 2.27 bits per heavy atom. The maximum Gasteiger partial charge on any atom is 0.0671 e. The number of para-hydroxylation sites is 1. The summed E-state index contributed by atoms with van der Waals surface area (Å²) in [6, 6.07) is 11.3. The lowest BCUT2D eigenvalue weighted by Gasteiger charge is -2.25. The summed E-state index contributed by atoms with van der Waals surface area (Å²) < 4.78 is 0. The van der Waals surface area contributed by atoms with Crippen LogP contribution in [-0.2, 0) is 6.42 Å². The van der Waals surface area contributed by atoms with E-state index in [4.69, 9.17) is 5.26 Å². The molecule has 1 aliphatic heterocycles. The van der Waals surface area contributed by atoms with E-state index in [2.05, 4.69) is 42.2 Å². The molecular formula is C13H16N2. The first-order valence-corrected chi connectivity index (χ1v) is 5.46. The smallest absolute Gasteiger partial charge is 0.0671 e. The average molecular weight is 200 g/mol. The van der Waals surface area contributed by atoms with Gasteiger partial charge in [-0.15, -0.1) is 0 Å². The van der Waals surface area contributed by atoms with Crippen molar-refractivity contribution in [2.24, 2.45) is 5.92 Å². The Kier molecular flexibility index (Phi) is 2.64. The highest BCUT2D eigenvalue weighted by atomic mass is 15.2. The van der Waals surface area contributed by atoms with Crippen LogP contribution in [0, 0.1) is 17.2 Å². The first kappa shape index (κ1) is 10.0. The fraction of sp³-hybridized carbons (Fsp3) is 0.462. The Morgan fingerprint density at radius 3 is 3.00 bits per heavy atom. The maximum atomic E-state index is 8.85. The molecule has 2 unspecified atom stereocenters. The minimum atomic E-state index is 0.0959. The highest BCUT2D eigenvalue weighted by Gasteiger charge is 2.26. The van der Waals surface area contributed by atoms with Crippen LogP contribution in [0.5, 0.6) is 0 Å². The largest absolute Gasteiger partial charge is 0.367 e. The molecule has 2 rings (SSSR count). The van der Waals surface area contributed by atoms with Crippen molar-refractivity contribution in [3.05, 3.63) is 29.8 Å². The summed E-state index contributed by atoms with van der Waals surface area (Å²) in [6.07, 6.45) is 1.11. The highest BCUT2D eigenvalue weighted by Crippen LogP contribution is 2.32. The second-order valence-electron chi connectivity index (χ2n) is 4.36. The third kappa shape index (κ3) is 1.83. The van der Waals surface area contributed by atoms with Gasteiger partial charge in [-0.3, -0.25) is 0 Å². The van der Waals surface area contributed by atoms with Gasteiger partial charge in [-0.05, 0) is 31.9 Å².